The average molecular weight is 235 g/mol. The molecule has 1 aromatic heterocycles. The molecule has 0 saturated carbocycles. The van der Waals surface area contributed by atoms with E-state index in [2.05, 4.69) is 29.0 Å². The second-order valence-corrected chi connectivity index (χ2v) is 5.33. The number of nitrogens with one attached hydrogen (secondary N) is 1. The van der Waals surface area contributed by atoms with Gasteiger partial charge >= 0.3 is 0 Å². The van der Waals surface area contributed by atoms with Crippen molar-refractivity contribution in [1.29, 1.82) is 0 Å². The number of pyridine rings is 1. The van der Waals surface area contributed by atoms with E-state index in [1.807, 2.05) is 14.1 Å². The molecule has 0 aliphatic carbocycles. The lowest BCUT2D eigenvalue weighted by molar-refractivity contribution is 0.0929. The maximum atomic E-state index is 11.8. The third-order valence-corrected chi connectivity index (χ3v) is 2.40. The van der Waals surface area contributed by atoms with E-state index in [4.69, 9.17) is 0 Å². The number of carbonyl (C=O) groups is 1. The van der Waals surface area contributed by atoms with Gasteiger partial charge in [-0.2, -0.15) is 0 Å². The highest BCUT2D eigenvalue weighted by Gasteiger charge is 2.20. The quantitative estimate of drug-likeness (QED) is 0.839. The fraction of sp³-hybridized carbons (Fsp3) is 0.538. The van der Waals surface area contributed by atoms with Crippen LogP contribution in [0.5, 0.6) is 0 Å². The zero-order valence-electron chi connectivity index (χ0n) is 11.0. The summed E-state index contributed by atoms with van der Waals surface area (Å²) < 4.78 is 0. The van der Waals surface area contributed by atoms with Crippen LogP contribution in [0.4, 0.5) is 0 Å². The number of hydrogen-bond donors (Lipinski definition) is 1. The van der Waals surface area contributed by atoms with Crippen LogP contribution >= 0.6 is 0 Å². The minimum absolute atomic E-state index is 0.0569. The summed E-state index contributed by atoms with van der Waals surface area (Å²) in [5.41, 5.74) is 0.662. The molecule has 1 amide bonds. The molecule has 0 aliphatic rings. The molecule has 0 aliphatic heterocycles. The van der Waals surface area contributed by atoms with Gasteiger partial charge in [0.05, 0.1) is 5.56 Å². The van der Waals surface area contributed by atoms with Crippen LogP contribution in [0.3, 0.4) is 0 Å². The zero-order valence-corrected chi connectivity index (χ0v) is 11.0. The molecule has 1 rings (SSSR count). The van der Waals surface area contributed by atoms with Gasteiger partial charge in [-0.25, -0.2) is 0 Å². The monoisotopic (exact) mass is 235 g/mol. The molecule has 1 heterocycles. The standard InChI is InChI=1S/C13H21N3O/c1-13(2,10-16(3)4)9-15-12(17)11-6-5-7-14-8-11/h5-8H,9-10H2,1-4H3,(H,15,17). The first-order valence-corrected chi connectivity index (χ1v) is 5.74. The Kier molecular flexibility index (Phi) is 4.63. The van der Waals surface area contributed by atoms with Crippen molar-refractivity contribution in [3.63, 3.8) is 0 Å². The fourth-order valence-electron chi connectivity index (χ4n) is 1.83. The van der Waals surface area contributed by atoms with Crippen LogP contribution in [0.1, 0.15) is 24.2 Å². The van der Waals surface area contributed by atoms with Gasteiger partial charge in [0.15, 0.2) is 0 Å². The Balaban J connectivity index is 2.48. The molecule has 4 heteroatoms. The highest BCUT2D eigenvalue weighted by atomic mass is 16.1. The van der Waals surface area contributed by atoms with Crippen LogP contribution in [0, 0.1) is 5.41 Å². The normalized spacial score (nSPS) is 11.6. The maximum absolute atomic E-state index is 11.8. The Bertz CT molecular complexity index is 360. The van der Waals surface area contributed by atoms with Crippen LogP contribution < -0.4 is 5.32 Å². The SMILES string of the molecule is CN(C)CC(C)(C)CNC(=O)c1cccnc1. The molecule has 0 radical (unpaired) electrons. The first-order valence-electron chi connectivity index (χ1n) is 5.74. The number of nitrogens with zero attached hydrogens (tertiary/aromatic N) is 2. The topological polar surface area (TPSA) is 45.2 Å². The molecule has 1 aromatic rings. The molecular formula is C13H21N3O. The van der Waals surface area contributed by atoms with Crippen LogP contribution in [-0.2, 0) is 0 Å². The zero-order chi connectivity index (χ0) is 12.9. The van der Waals surface area contributed by atoms with Crippen molar-refractivity contribution in [2.75, 3.05) is 27.2 Å². The molecule has 1 N–H and O–H groups in total. The Hall–Kier alpha value is -1.42. The molecule has 17 heavy (non-hydrogen) atoms. The summed E-state index contributed by atoms with van der Waals surface area (Å²) in [5.74, 6) is -0.0649. The van der Waals surface area contributed by atoms with Gasteiger partial charge in [0.2, 0.25) is 0 Å². The van der Waals surface area contributed by atoms with Crippen molar-refractivity contribution < 1.29 is 4.79 Å². The van der Waals surface area contributed by atoms with Gasteiger partial charge in [0.1, 0.15) is 0 Å². The Morgan fingerprint density at radius 1 is 1.47 bits per heavy atom. The van der Waals surface area contributed by atoms with Gasteiger partial charge in [-0.1, -0.05) is 13.8 Å². The van der Waals surface area contributed by atoms with E-state index in [0.29, 0.717) is 12.1 Å². The number of amides is 1. The van der Waals surface area contributed by atoms with Crippen molar-refractivity contribution in [3.05, 3.63) is 30.1 Å². The van der Waals surface area contributed by atoms with Crippen molar-refractivity contribution >= 4 is 5.91 Å². The lowest BCUT2D eigenvalue weighted by Crippen LogP contribution is -2.39. The van der Waals surface area contributed by atoms with E-state index >= 15 is 0 Å². The van der Waals surface area contributed by atoms with Crippen LogP contribution in [0.15, 0.2) is 24.5 Å². The molecule has 0 unspecified atom stereocenters. The third kappa shape index (κ3) is 4.95. The number of carbonyl (C=O) groups excluding carboxylic acids is 1. The smallest absolute Gasteiger partial charge is 0.252 e. The lowest BCUT2D eigenvalue weighted by atomic mass is 9.93. The number of hydrogen-bond acceptors (Lipinski definition) is 3. The summed E-state index contributed by atoms with van der Waals surface area (Å²) in [5, 5.41) is 2.94. The molecule has 0 aromatic carbocycles. The molecule has 0 bridgehead atoms. The molecule has 0 saturated heterocycles. The van der Waals surface area contributed by atoms with Crippen molar-refractivity contribution in [2.24, 2.45) is 5.41 Å². The highest BCUT2D eigenvalue weighted by molar-refractivity contribution is 5.93. The second kappa shape index (κ2) is 5.77. The van der Waals surface area contributed by atoms with Gasteiger partial charge in [-0.3, -0.25) is 9.78 Å². The highest BCUT2D eigenvalue weighted by Crippen LogP contribution is 2.14. The fourth-order valence-corrected chi connectivity index (χ4v) is 1.83. The van der Waals surface area contributed by atoms with Gasteiger partial charge in [-0.05, 0) is 31.6 Å². The van der Waals surface area contributed by atoms with E-state index in [0.717, 1.165) is 6.54 Å². The van der Waals surface area contributed by atoms with Crippen LogP contribution in [0.2, 0.25) is 0 Å². The summed E-state index contributed by atoms with van der Waals surface area (Å²) in [6, 6.07) is 3.53. The van der Waals surface area contributed by atoms with E-state index in [1.54, 1.807) is 24.5 Å². The van der Waals surface area contributed by atoms with E-state index in [9.17, 15) is 4.79 Å². The Labute approximate surface area is 103 Å². The Morgan fingerprint density at radius 3 is 2.71 bits per heavy atom. The molecule has 4 nitrogen and oxygen atoms in total. The molecular weight excluding hydrogens is 214 g/mol. The second-order valence-electron chi connectivity index (χ2n) is 5.33. The first kappa shape index (κ1) is 13.6. The largest absolute Gasteiger partial charge is 0.351 e. The van der Waals surface area contributed by atoms with Gasteiger partial charge in [-0.15, -0.1) is 0 Å². The average Bonchev–Trinajstić information content (AvgIpc) is 2.25. The first-order chi connectivity index (χ1) is 7.91. The minimum atomic E-state index is -0.0649. The summed E-state index contributed by atoms with van der Waals surface area (Å²) >= 11 is 0. The summed E-state index contributed by atoms with van der Waals surface area (Å²) in [6.45, 7) is 5.85. The van der Waals surface area contributed by atoms with Gasteiger partial charge < -0.3 is 10.2 Å². The number of aromatic nitrogens is 1. The predicted octanol–water partition coefficient (Wildman–Crippen LogP) is 1.40. The van der Waals surface area contributed by atoms with Crippen molar-refractivity contribution in [3.8, 4) is 0 Å². The summed E-state index contributed by atoms with van der Waals surface area (Å²) in [7, 11) is 4.06. The van der Waals surface area contributed by atoms with E-state index < -0.39 is 0 Å². The van der Waals surface area contributed by atoms with Crippen LogP contribution in [-0.4, -0.2) is 43.0 Å². The Morgan fingerprint density at radius 2 is 2.18 bits per heavy atom. The van der Waals surface area contributed by atoms with Crippen molar-refractivity contribution in [1.82, 2.24) is 15.2 Å². The third-order valence-electron chi connectivity index (χ3n) is 2.40. The summed E-state index contributed by atoms with van der Waals surface area (Å²) in [4.78, 5) is 17.9. The van der Waals surface area contributed by atoms with Crippen LogP contribution in [0.25, 0.3) is 0 Å². The maximum Gasteiger partial charge on any atom is 0.252 e. The lowest BCUT2D eigenvalue weighted by Gasteiger charge is -2.28. The molecule has 0 fully saturated rings. The van der Waals surface area contributed by atoms with E-state index in [1.165, 1.54) is 0 Å². The molecule has 94 valence electrons. The van der Waals surface area contributed by atoms with E-state index in [-0.39, 0.29) is 11.3 Å². The molecule has 0 atom stereocenters. The minimum Gasteiger partial charge on any atom is -0.351 e. The predicted molar refractivity (Wildman–Crippen MR) is 68.9 cm³/mol. The van der Waals surface area contributed by atoms with Gasteiger partial charge in [0, 0.05) is 25.5 Å². The van der Waals surface area contributed by atoms with Gasteiger partial charge in [0.25, 0.3) is 5.91 Å². The number of rotatable bonds is 5. The molecule has 0 spiro atoms. The summed E-state index contributed by atoms with van der Waals surface area (Å²) in [6.07, 6.45) is 3.24. The van der Waals surface area contributed by atoms with Crippen molar-refractivity contribution in [2.45, 2.75) is 13.8 Å².